The first kappa shape index (κ1) is 15.9. The maximum Gasteiger partial charge on any atom is 0.253 e. The minimum atomic E-state index is 0.174. The Morgan fingerprint density at radius 3 is 2.33 bits per heavy atom. The summed E-state index contributed by atoms with van der Waals surface area (Å²) in [4.78, 5) is 14.6. The first-order valence-corrected chi connectivity index (χ1v) is 7.90. The average Bonchev–Trinajstić information content (AvgIpc) is 2.45. The van der Waals surface area contributed by atoms with Crippen LogP contribution in [0.15, 0.2) is 18.2 Å². The van der Waals surface area contributed by atoms with Crippen LogP contribution in [-0.2, 0) is 0 Å². The molecule has 0 atom stereocenters. The summed E-state index contributed by atoms with van der Waals surface area (Å²) >= 11 is 0. The van der Waals surface area contributed by atoms with E-state index >= 15 is 0 Å². The van der Waals surface area contributed by atoms with E-state index in [0.29, 0.717) is 5.41 Å². The molecular weight excluding hydrogens is 260 g/mol. The maximum atomic E-state index is 12.6. The van der Waals surface area contributed by atoms with Crippen LogP contribution in [0, 0.1) is 18.3 Å². The molecule has 1 heterocycles. The topological polar surface area (TPSA) is 32.3 Å². The Balaban J connectivity index is 2.04. The highest BCUT2D eigenvalue weighted by Gasteiger charge is 2.30. The molecule has 1 aromatic rings. The first-order valence-electron chi connectivity index (χ1n) is 7.90. The lowest BCUT2D eigenvalue weighted by Crippen LogP contribution is -2.41. The fourth-order valence-corrected chi connectivity index (χ4v) is 3.21. The van der Waals surface area contributed by atoms with E-state index in [0.717, 1.165) is 48.7 Å². The fourth-order valence-electron chi connectivity index (χ4n) is 3.21. The molecule has 1 aliphatic heterocycles. The number of rotatable bonds is 2. The molecule has 0 radical (unpaired) electrons. The van der Waals surface area contributed by atoms with Crippen LogP contribution in [0.4, 0.5) is 5.69 Å². The summed E-state index contributed by atoms with van der Waals surface area (Å²) < 4.78 is 0. The van der Waals surface area contributed by atoms with Crippen molar-refractivity contribution >= 4 is 11.6 Å². The fraction of sp³-hybridized carbons (Fsp3) is 0.611. The molecule has 3 heteroatoms. The molecule has 1 saturated heterocycles. The van der Waals surface area contributed by atoms with Crippen LogP contribution in [0.5, 0.6) is 0 Å². The van der Waals surface area contributed by atoms with Crippen LogP contribution in [0.1, 0.15) is 49.5 Å². The van der Waals surface area contributed by atoms with Crippen LogP contribution in [0.2, 0.25) is 0 Å². The second-order valence-electron chi connectivity index (χ2n) is 7.21. The van der Waals surface area contributed by atoms with Crippen molar-refractivity contribution in [3.63, 3.8) is 0 Å². The normalized spacial score (nSPS) is 16.9. The predicted octanol–water partition coefficient (Wildman–Crippen LogP) is 3.94. The smallest absolute Gasteiger partial charge is 0.253 e. The Kier molecular flexibility index (Phi) is 4.60. The van der Waals surface area contributed by atoms with Gasteiger partial charge in [-0.2, -0.15) is 0 Å². The zero-order valence-electron chi connectivity index (χ0n) is 14.0. The summed E-state index contributed by atoms with van der Waals surface area (Å²) in [5.41, 5.74) is 3.35. The quantitative estimate of drug-likeness (QED) is 0.894. The van der Waals surface area contributed by atoms with Gasteiger partial charge in [0.1, 0.15) is 0 Å². The largest absolute Gasteiger partial charge is 0.388 e. The molecular formula is C18H28N2O. The minimum absolute atomic E-state index is 0.174. The Hall–Kier alpha value is -1.51. The number of likely N-dealkylation sites (tertiary alicyclic amines) is 1. The van der Waals surface area contributed by atoms with Gasteiger partial charge in [-0.1, -0.05) is 20.8 Å². The minimum Gasteiger partial charge on any atom is -0.388 e. The third-order valence-corrected chi connectivity index (χ3v) is 4.75. The van der Waals surface area contributed by atoms with Crippen molar-refractivity contribution in [1.82, 2.24) is 4.90 Å². The second kappa shape index (κ2) is 6.08. The number of hydrogen-bond donors (Lipinski definition) is 1. The van der Waals surface area contributed by atoms with E-state index in [1.165, 1.54) is 0 Å². The monoisotopic (exact) mass is 288 g/mol. The molecule has 2 rings (SSSR count). The van der Waals surface area contributed by atoms with Crippen molar-refractivity contribution in [3.05, 3.63) is 29.3 Å². The van der Waals surface area contributed by atoms with Crippen molar-refractivity contribution in [2.45, 2.75) is 40.5 Å². The van der Waals surface area contributed by atoms with Gasteiger partial charge in [0.05, 0.1) is 0 Å². The van der Waals surface area contributed by atoms with Gasteiger partial charge >= 0.3 is 0 Å². The van der Waals surface area contributed by atoms with Gasteiger partial charge < -0.3 is 10.2 Å². The lowest BCUT2D eigenvalue weighted by Gasteiger charge is -2.38. The molecule has 0 bridgehead atoms. The highest BCUT2D eigenvalue weighted by Crippen LogP contribution is 2.34. The zero-order valence-corrected chi connectivity index (χ0v) is 14.0. The summed E-state index contributed by atoms with van der Waals surface area (Å²) in [6.45, 7) is 10.7. The van der Waals surface area contributed by atoms with Gasteiger partial charge in [0.15, 0.2) is 0 Å². The van der Waals surface area contributed by atoms with E-state index in [2.05, 4.69) is 26.1 Å². The molecule has 1 aliphatic rings. The molecule has 1 N–H and O–H groups in total. The maximum absolute atomic E-state index is 12.6. The highest BCUT2D eigenvalue weighted by molar-refractivity contribution is 5.95. The number of anilines is 1. The van der Waals surface area contributed by atoms with Gasteiger partial charge in [0.25, 0.3) is 5.91 Å². The molecule has 0 unspecified atom stereocenters. The van der Waals surface area contributed by atoms with Crippen molar-refractivity contribution in [3.8, 4) is 0 Å². The number of benzene rings is 1. The van der Waals surface area contributed by atoms with Crippen LogP contribution in [0.25, 0.3) is 0 Å². The van der Waals surface area contributed by atoms with Crippen LogP contribution < -0.4 is 5.32 Å². The molecule has 116 valence electrons. The second-order valence-corrected chi connectivity index (χ2v) is 7.21. The summed E-state index contributed by atoms with van der Waals surface area (Å²) in [6.07, 6.45) is 2.23. The number of nitrogens with one attached hydrogen (secondary N) is 1. The van der Waals surface area contributed by atoms with Crippen LogP contribution in [-0.4, -0.2) is 30.9 Å². The van der Waals surface area contributed by atoms with Crippen molar-refractivity contribution in [1.29, 1.82) is 0 Å². The van der Waals surface area contributed by atoms with E-state index in [4.69, 9.17) is 0 Å². The third kappa shape index (κ3) is 3.58. The summed E-state index contributed by atoms with van der Waals surface area (Å²) in [6, 6.07) is 5.91. The van der Waals surface area contributed by atoms with Gasteiger partial charge in [0.2, 0.25) is 0 Å². The van der Waals surface area contributed by atoms with Gasteiger partial charge in [-0.05, 0) is 54.9 Å². The number of carbonyl (C=O) groups is 1. The molecule has 21 heavy (non-hydrogen) atoms. The number of hydrogen-bond acceptors (Lipinski definition) is 2. The number of aryl methyl sites for hydroxylation is 1. The van der Waals surface area contributed by atoms with Gasteiger partial charge in [-0.3, -0.25) is 4.79 Å². The van der Waals surface area contributed by atoms with Gasteiger partial charge in [-0.15, -0.1) is 0 Å². The molecule has 0 aliphatic carbocycles. The van der Waals surface area contributed by atoms with Crippen molar-refractivity contribution < 1.29 is 4.79 Å². The van der Waals surface area contributed by atoms with Crippen LogP contribution >= 0.6 is 0 Å². The summed E-state index contributed by atoms with van der Waals surface area (Å²) in [5, 5.41) is 3.14. The van der Waals surface area contributed by atoms with E-state index < -0.39 is 0 Å². The summed E-state index contributed by atoms with van der Waals surface area (Å²) in [5.74, 6) is 0.892. The lowest BCUT2D eigenvalue weighted by molar-refractivity contribution is 0.0608. The Bertz CT molecular complexity index is 508. The molecule has 0 saturated carbocycles. The Morgan fingerprint density at radius 2 is 1.86 bits per heavy atom. The highest BCUT2D eigenvalue weighted by atomic mass is 16.2. The molecule has 1 aromatic carbocycles. The van der Waals surface area contributed by atoms with E-state index in [1.54, 1.807) is 0 Å². The number of nitrogens with zero attached hydrogens (tertiary/aromatic N) is 1. The third-order valence-electron chi connectivity index (χ3n) is 4.75. The molecule has 1 amide bonds. The standard InChI is InChI=1S/C18H28N2O/c1-13-12-14(6-7-16(13)19-5)17(21)20-10-8-15(9-11-20)18(2,3)4/h6-7,12,15,19H,8-11H2,1-5H3. The first-order chi connectivity index (χ1) is 9.82. The lowest BCUT2D eigenvalue weighted by atomic mass is 9.75. The van der Waals surface area contributed by atoms with Gasteiger partial charge in [-0.25, -0.2) is 0 Å². The molecule has 1 fully saturated rings. The van der Waals surface area contributed by atoms with Crippen molar-refractivity contribution in [2.24, 2.45) is 11.3 Å². The van der Waals surface area contributed by atoms with E-state index in [-0.39, 0.29) is 5.91 Å². The summed E-state index contributed by atoms with van der Waals surface area (Å²) in [7, 11) is 1.90. The Labute approximate surface area is 128 Å². The Morgan fingerprint density at radius 1 is 1.24 bits per heavy atom. The number of amides is 1. The number of piperidine rings is 1. The van der Waals surface area contributed by atoms with E-state index in [9.17, 15) is 4.79 Å². The van der Waals surface area contributed by atoms with E-state index in [1.807, 2.05) is 37.1 Å². The molecule has 3 nitrogen and oxygen atoms in total. The molecule has 0 aromatic heterocycles. The number of carbonyl (C=O) groups excluding carboxylic acids is 1. The van der Waals surface area contributed by atoms with Crippen LogP contribution in [0.3, 0.4) is 0 Å². The predicted molar refractivity (Wildman–Crippen MR) is 88.8 cm³/mol. The SMILES string of the molecule is CNc1ccc(C(=O)N2CCC(C(C)(C)C)CC2)cc1C. The molecule has 0 spiro atoms. The zero-order chi connectivity index (χ0) is 15.6. The van der Waals surface area contributed by atoms with Gasteiger partial charge in [0, 0.05) is 31.4 Å². The van der Waals surface area contributed by atoms with Crippen molar-refractivity contribution in [2.75, 3.05) is 25.5 Å². The average molecular weight is 288 g/mol.